The van der Waals surface area contributed by atoms with Gasteiger partial charge in [-0.2, -0.15) is 0 Å². The minimum atomic E-state index is 0.750. The molecule has 0 unspecified atom stereocenters. The molecule has 0 aromatic carbocycles. The minimum absolute atomic E-state index is 0.750. The predicted molar refractivity (Wildman–Crippen MR) is 41.9 cm³/mol. The summed E-state index contributed by atoms with van der Waals surface area (Å²) in [5, 5.41) is 0. The van der Waals surface area contributed by atoms with Gasteiger partial charge in [0.05, 0.1) is 0 Å². The molecule has 0 aliphatic heterocycles. The summed E-state index contributed by atoms with van der Waals surface area (Å²) < 4.78 is 0. The van der Waals surface area contributed by atoms with Crippen molar-refractivity contribution in [3.63, 3.8) is 0 Å². The van der Waals surface area contributed by atoms with Crippen LogP contribution in [-0.2, 0) is 9.59 Å². The van der Waals surface area contributed by atoms with Gasteiger partial charge < -0.3 is 4.79 Å². The lowest BCUT2D eigenvalue weighted by atomic mass is 10.2. The Morgan fingerprint density at radius 3 is 1.70 bits per heavy atom. The molecule has 0 N–H and O–H groups in total. The van der Waals surface area contributed by atoms with E-state index < -0.39 is 0 Å². The lowest BCUT2D eigenvalue weighted by Crippen LogP contribution is -1.77. The highest BCUT2D eigenvalue weighted by Gasteiger charge is 1.82. The summed E-state index contributed by atoms with van der Waals surface area (Å²) in [4.78, 5) is 18.7. The van der Waals surface area contributed by atoms with Gasteiger partial charge in [-0.15, -0.1) is 0 Å². The first-order valence-electron chi connectivity index (χ1n) is 3.26. The van der Waals surface area contributed by atoms with Gasteiger partial charge in [-0.3, -0.25) is 4.79 Å². The van der Waals surface area contributed by atoms with Gasteiger partial charge in [-0.25, -0.2) is 0 Å². The fourth-order valence-corrected chi connectivity index (χ4v) is 0.355. The van der Waals surface area contributed by atoms with Crippen LogP contribution in [0.1, 0.15) is 27.2 Å². The van der Waals surface area contributed by atoms with E-state index in [2.05, 4.69) is 0 Å². The minimum Gasteiger partial charge on any atom is -0.304 e. The van der Waals surface area contributed by atoms with E-state index in [9.17, 15) is 4.79 Å². The molecule has 0 aliphatic rings. The molecule has 0 atom stereocenters. The van der Waals surface area contributed by atoms with E-state index in [-0.39, 0.29) is 0 Å². The maximum Gasteiger partial charge on any atom is 0.145 e. The van der Waals surface area contributed by atoms with Crippen LogP contribution in [0.15, 0.2) is 11.6 Å². The number of allylic oxidation sites excluding steroid dienone is 2. The number of hydrogen-bond donors (Lipinski definition) is 0. The molecule has 10 heavy (non-hydrogen) atoms. The van der Waals surface area contributed by atoms with Crippen molar-refractivity contribution in [2.45, 2.75) is 27.2 Å². The van der Waals surface area contributed by atoms with Crippen LogP contribution >= 0.6 is 0 Å². The molecular formula is C8H14O2. The number of rotatable bonds is 2. The molecule has 0 radical (unpaired) electrons. The molecule has 0 heterocycles. The van der Waals surface area contributed by atoms with E-state index in [0.717, 1.165) is 24.6 Å². The van der Waals surface area contributed by atoms with Crippen LogP contribution in [0, 0.1) is 0 Å². The molecular weight excluding hydrogens is 128 g/mol. The fraction of sp³-hybridized carbons (Fsp3) is 0.500. The lowest BCUT2D eigenvalue weighted by Gasteiger charge is -1.84. The molecule has 0 aromatic rings. The van der Waals surface area contributed by atoms with Gasteiger partial charge in [0.2, 0.25) is 0 Å². The first kappa shape index (κ1) is 11.8. The SMILES string of the molecule is C/C=C(/C=O)CC.CC=O. The van der Waals surface area contributed by atoms with Gasteiger partial charge in [0.1, 0.15) is 12.6 Å². The Labute approximate surface area is 61.9 Å². The maximum atomic E-state index is 9.90. The topological polar surface area (TPSA) is 34.1 Å². The average molecular weight is 142 g/mol. The second-order valence-electron chi connectivity index (χ2n) is 1.57. The highest BCUT2D eigenvalue weighted by Crippen LogP contribution is 1.92. The van der Waals surface area contributed by atoms with Gasteiger partial charge in [0.25, 0.3) is 0 Å². The summed E-state index contributed by atoms with van der Waals surface area (Å²) in [6.45, 7) is 5.27. The molecule has 0 aliphatic carbocycles. The Morgan fingerprint density at radius 2 is 1.70 bits per heavy atom. The van der Waals surface area contributed by atoms with Gasteiger partial charge >= 0.3 is 0 Å². The highest BCUT2D eigenvalue weighted by molar-refractivity contribution is 5.72. The van der Waals surface area contributed by atoms with Crippen LogP contribution in [0.3, 0.4) is 0 Å². The van der Waals surface area contributed by atoms with Crippen LogP contribution in [0.25, 0.3) is 0 Å². The van der Waals surface area contributed by atoms with Crippen LogP contribution in [0.4, 0.5) is 0 Å². The summed E-state index contributed by atoms with van der Waals surface area (Å²) in [5.74, 6) is 0. The van der Waals surface area contributed by atoms with Gasteiger partial charge in [-0.1, -0.05) is 13.0 Å². The second kappa shape index (κ2) is 11.0. The highest BCUT2D eigenvalue weighted by atomic mass is 16.1. The van der Waals surface area contributed by atoms with Crippen molar-refractivity contribution in [1.29, 1.82) is 0 Å². The van der Waals surface area contributed by atoms with E-state index >= 15 is 0 Å². The van der Waals surface area contributed by atoms with Crippen LogP contribution < -0.4 is 0 Å². The van der Waals surface area contributed by atoms with E-state index in [1.165, 1.54) is 6.92 Å². The summed E-state index contributed by atoms with van der Waals surface area (Å²) in [6, 6.07) is 0. The molecule has 0 fully saturated rings. The van der Waals surface area contributed by atoms with Crippen molar-refractivity contribution < 1.29 is 9.59 Å². The van der Waals surface area contributed by atoms with E-state index in [0.29, 0.717) is 0 Å². The van der Waals surface area contributed by atoms with Crippen molar-refractivity contribution in [3.05, 3.63) is 11.6 Å². The summed E-state index contributed by atoms with van der Waals surface area (Å²) in [6.07, 6.45) is 4.31. The molecule has 0 saturated carbocycles. The van der Waals surface area contributed by atoms with Gasteiger partial charge in [0, 0.05) is 0 Å². The number of aldehydes is 2. The number of hydrogen-bond acceptors (Lipinski definition) is 2. The predicted octanol–water partition coefficient (Wildman–Crippen LogP) is 1.75. The van der Waals surface area contributed by atoms with Crippen molar-refractivity contribution in [2.75, 3.05) is 0 Å². The summed E-state index contributed by atoms with van der Waals surface area (Å²) >= 11 is 0. The molecule has 0 saturated heterocycles. The Morgan fingerprint density at radius 1 is 1.30 bits per heavy atom. The first-order valence-corrected chi connectivity index (χ1v) is 3.26. The third-order valence-corrected chi connectivity index (χ3v) is 0.930. The monoisotopic (exact) mass is 142 g/mol. The third-order valence-electron chi connectivity index (χ3n) is 0.930. The van der Waals surface area contributed by atoms with E-state index in [1.807, 2.05) is 19.9 Å². The molecule has 0 aromatic heterocycles. The Hall–Kier alpha value is -0.920. The summed E-state index contributed by atoms with van der Waals surface area (Å²) in [7, 11) is 0. The zero-order chi connectivity index (χ0) is 8.41. The molecule has 0 bridgehead atoms. The third kappa shape index (κ3) is 10.1. The number of carbonyl (C=O) groups excluding carboxylic acids is 2. The molecule has 0 rings (SSSR count). The van der Waals surface area contributed by atoms with E-state index in [4.69, 9.17) is 4.79 Å². The first-order chi connectivity index (χ1) is 4.76. The summed E-state index contributed by atoms with van der Waals surface area (Å²) in [5.41, 5.74) is 0.875. The van der Waals surface area contributed by atoms with E-state index in [1.54, 1.807) is 0 Å². The van der Waals surface area contributed by atoms with Crippen LogP contribution in [0.2, 0.25) is 0 Å². The standard InChI is InChI=1S/C6H10O.C2H4O/c1-3-6(4-2)5-7;1-2-3/h3,5H,4H2,1-2H3;2H,1H3/b6-3+;. The second-order valence-corrected chi connectivity index (χ2v) is 1.57. The largest absolute Gasteiger partial charge is 0.304 e. The van der Waals surface area contributed by atoms with Gasteiger partial charge in [0.15, 0.2) is 0 Å². The zero-order valence-corrected chi connectivity index (χ0v) is 6.76. The van der Waals surface area contributed by atoms with Crippen molar-refractivity contribution in [1.82, 2.24) is 0 Å². The average Bonchev–Trinajstić information content (AvgIpc) is 1.93. The molecule has 58 valence electrons. The van der Waals surface area contributed by atoms with Crippen molar-refractivity contribution in [2.24, 2.45) is 0 Å². The van der Waals surface area contributed by atoms with Gasteiger partial charge in [-0.05, 0) is 25.8 Å². The zero-order valence-electron chi connectivity index (χ0n) is 6.76. The smallest absolute Gasteiger partial charge is 0.145 e. The molecule has 0 spiro atoms. The van der Waals surface area contributed by atoms with Crippen molar-refractivity contribution >= 4 is 12.6 Å². The normalized spacial score (nSPS) is 9.30. The molecule has 2 heteroatoms. The van der Waals surface area contributed by atoms with Crippen LogP contribution in [-0.4, -0.2) is 12.6 Å². The quantitative estimate of drug-likeness (QED) is 0.434. The Bertz CT molecular complexity index is 114. The fourth-order valence-electron chi connectivity index (χ4n) is 0.355. The molecule has 0 amide bonds. The number of carbonyl (C=O) groups is 2. The maximum absolute atomic E-state index is 9.90. The molecule has 2 nitrogen and oxygen atoms in total. The van der Waals surface area contributed by atoms with Crippen molar-refractivity contribution in [3.8, 4) is 0 Å². The van der Waals surface area contributed by atoms with Crippen LogP contribution in [0.5, 0.6) is 0 Å². The Kier molecular flexibility index (Phi) is 13.0. The lowest BCUT2D eigenvalue weighted by molar-refractivity contribution is -0.106. The Balaban J connectivity index is 0.